The van der Waals surface area contributed by atoms with Crippen LogP contribution in [0.2, 0.25) is 5.02 Å². The molecule has 0 saturated heterocycles. The lowest BCUT2D eigenvalue weighted by molar-refractivity contribution is 0.963. The number of aryl methyl sites for hydroxylation is 1. The van der Waals surface area contributed by atoms with E-state index in [0.29, 0.717) is 15.5 Å². The van der Waals surface area contributed by atoms with Gasteiger partial charge in [0.15, 0.2) is 5.82 Å². The van der Waals surface area contributed by atoms with Gasteiger partial charge in [0.25, 0.3) is 0 Å². The molecule has 88 valence electrons. The number of aromatic amines is 1. The highest BCUT2D eigenvalue weighted by Crippen LogP contribution is 2.17. The third kappa shape index (κ3) is 2.53. The summed E-state index contributed by atoms with van der Waals surface area (Å²) in [6.07, 6.45) is 2.49. The fourth-order valence-corrected chi connectivity index (χ4v) is 1.90. The maximum atomic E-state index is 5.80. The van der Waals surface area contributed by atoms with E-state index in [1.807, 2.05) is 13.0 Å². The van der Waals surface area contributed by atoms with E-state index >= 15 is 0 Å². The standard InChI is InChI=1S/C12H12ClN3S/c1-3-9-7(2)12(17)16-11(15-9)10-5-4-8(13)6-14-10/h4-6H,3H2,1-2H3,(H,15,16,17). The number of hydrogen-bond acceptors (Lipinski definition) is 3. The maximum absolute atomic E-state index is 5.80. The summed E-state index contributed by atoms with van der Waals surface area (Å²) >= 11 is 11.0. The molecule has 3 nitrogen and oxygen atoms in total. The minimum absolute atomic E-state index is 0.607. The molecule has 2 heterocycles. The number of rotatable bonds is 2. The van der Waals surface area contributed by atoms with Gasteiger partial charge in [0.05, 0.1) is 5.02 Å². The van der Waals surface area contributed by atoms with E-state index in [9.17, 15) is 0 Å². The van der Waals surface area contributed by atoms with E-state index in [1.54, 1.807) is 12.3 Å². The summed E-state index contributed by atoms with van der Waals surface area (Å²) in [7, 11) is 0. The zero-order valence-electron chi connectivity index (χ0n) is 9.62. The van der Waals surface area contributed by atoms with Gasteiger partial charge in [-0.05, 0) is 25.5 Å². The van der Waals surface area contributed by atoms with Crippen LogP contribution < -0.4 is 0 Å². The van der Waals surface area contributed by atoms with Gasteiger partial charge in [-0.1, -0.05) is 30.7 Å². The van der Waals surface area contributed by atoms with Gasteiger partial charge in [-0.25, -0.2) is 4.98 Å². The van der Waals surface area contributed by atoms with Gasteiger partial charge in [0.1, 0.15) is 10.3 Å². The summed E-state index contributed by atoms with van der Waals surface area (Å²) in [6, 6.07) is 3.61. The number of aromatic nitrogens is 3. The number of pyridine rings is 1. The smallest absolute Gasteiger partial charge is 0.157 e. The minimum atomic E-state index is 0.607. The zero-order chi connectivity index (χ0) is 12.4. The van der Waals surface area contributed by atoms with E-state index in [2.05, 4.69) is 21.9 Å². The van der Waals surface area contributed by atoms with Crippen molar-refractivity contribution in [2.24, 2.45) is 0 Å². The minimum Gasteiger partial charge on any atom is -0.342 e. The van der Waals surface area contributed by atoms with Gasteiger partial charge in [-0.2, -0.15) is 0 Å². The topological polar surface area (TPSA) is 41.6 Å². The summed E-state index contributed by atoms with van der Waals surface area (Å²) < 4.78 is 0.618. The summed E-state index contributed by atoms with van der Waals surface area (Å²) in [5.74, 6) is 0.689. The largest absolute Gasteiger partial charge is 0.342 e. The van der Waals surface area contributed by atoms with E-state index < -0.39 is 0 Å². The molecular formula is C12H12ClN3S. The van der Waals surface area contributed by atoms with Crippen LogP contribution in [-0.4, -0.2) is 15.0 Å². The van der Waals surface area contributed by atoms with Crippen molar-refractivity contribution in [2.75, 3.05) is 0 Å². The number of H-pyrrole nitrogens is 1. The predicted octanol–water partition coefficient (Wildman–Crippen LogP) is 3.73. The van der Waals surface area contributed by atoms with Crippen molar-refractivity contribution in [3.63, 3.8) is 0 Å². The molecule has 0 radical (unpaired) electrons. The molecule has 2 rings (SSSR count). The Balaban J connectivity index is 2.56. The Bertz CT molecular complexity index is 590. The maximum Gasteiger partial charge on any atom is 0.157 e. The van der Waals surface area contributed by atoms with Crippen molar-refractivity contribution in [2.45, 2.75) is 20.3 Å². The van der Waals surface area contributed by atoms with Crippen LogP contribution in [0.15, 0.2) is 18.3 Å². The fourth-order valence-electron chi connectivity index (χ4n) is 1.57. The van der Waals surface area contributed by atoms with E-state index in [1.165, 1.54) is 0 Å². The third-order valence-electron chi connectivity index (χ3n) is 2.58. The molecule has 0 unspecified atom stereocenters. The average Bonchev–Trinajstić information content (AvgIpc) is 2.33. The van der Waals surface area contributed by atoms with Crippen molar-refractivity contribution in [3.05, 3.63) is 39.3 Å². The first-order valence-electron chi connectivity index (χ1n) is 5.33. The number of nitrogens with one attached hydrogen (secondary N) is 1. The summed E-state index contributed by atoms with van der Waals surface area (Å²) in [5.41, 5.74) is 2.87. The molecule has 0 aromatic carbocycles. The van der Waals surface area contributed by atoms with Gasteiger partial charge in [-0.3, -0.25) is 4.98 Å². The van der Waals surface area contributed by atoms with Crippen molar-refractivity contribution in [1.29, 1.82) is 0 Å². The van der Waals surface area contributed by atoms with Crippen LogP contribution in [0.3, 0.4) is 0 Å². The lowest BCUT2D eigenvalue weighted by Crippen LogP contribution is -2.00. The van der Waals surface area contributed by atoms with Gasteiger partial charge >= 0.3 is 0 Å². The normalized spacial score (nSPS) is 10.5. The molecule has 0 aliphatic heterocycles. The summed E-state index contributed by atoms with van der Waals surface area (Å²) in [6.45, 7) is 4.05. The molecule has 0 aliphatic carbocycles. The molecule has 2 aromatic heterocycles. The molecule has 2 aromatic rings. The first kappa shape index (κ1) is 12.2. The van der Waals surface area contributed by atoms with Gasteiger partial charge in [0.2, 0.25) is 0 Å². The molecule has 0 amide bonds. The fraction of sp³-hybridized carbons (Fsp3) is 0.250. The number of hydrogen-bond donors (Lipinski definition) is 1. The Hall–Kier alpha value is -1.26. The highest BCUT2D eigenvalue weighted by Gasteiger charge is 2.06. The molecule has 1 N–H and O–H groups in total. The molecular weight excluding hydrogens is 254 g/mol. The zero-order valence-corrected chi connectivity index (χ0v) is 11.2. The molecule has 0 spiro atoms. The van der Waals surface area contributed by atoms with Crippen LogP contribution in [0.4, 0.5) is 0 Å². The average molecular weight is 266 g/mol. The number of nitrogens with zero attached hydrogens (tertiary/aromatic N) is 2. The van der Waals surface area contributed by atoms with Crippen LogP contribution >= 0.6 is 23.8 Å². The number of halogens is 1. The molecule has 0 fully saturated rings. The van der Waals surface area contributed by atoms with Gasteiger partial charge < -0.3 is 4.98 Å². The van der Waals surface area contributed by atoms with Crippen molar-refractivity contribution >= 4 is 23.8 Å². The second kappa shape index (κ2) is 4.94. The quantitative estimate of drug-likeness (QED) is 0.842. The van der Waals surface area contributed by atoms with Crippen molar-refractivity contribution in [1.82, 2.24) is 15.0 Å². The lowest BCUT2D eigenvalue weighted by atomic mass is 10.2. The Morgan fingerprint density at radius 3 is 2.76 bits per heavy atom. The van der Waals surface area contributed by atoms with Crippen molar-refractivity contribution in [3.8, 4) is 11.5 Å². The Kier molecular flexibility index (Phi) is 3.54. The molecule has 17 heavy (non-hydrogen) atoms. The van der Waals surface area contributed by atoms with Crippen LogP contribution in [0.1, 0.15) is 18.2 Å². The first-order valence-corrected chi connectivity index (χ1v) is 6.12. The molecule has 0 atom stereocenters. The summed E-state index contributed by atoms with van der Waals surface area (Å²) in [5, 5.41) is 0.607. The van der Waals surface area contributed by atoms with Crippen molar-refractivity contribution < 1.29 is 0 Å². The lowest BCUT2D eigenvalue weighted by Gasteiger charge is -2.07. The molecule has 0 bridgehead atoms. The van der Waals surface area contributed by atoms with Crippen LogP contribution in [0.5, 0.6) is 0 Å². The SMILES string of the molecule is CCc1[nH]c(-c2ccc(Cl)cn2)nc(=S)c1C. The highest BCUT2D eigenvalue weighted by atomic mass is 35.5. The Morgan fingerprint density at radius 1 is 1.41 bits per heavy atom. The summed E-state index contributed by atoms with van der Waals surface area (Å²) in [4.78, 5) is 11.8. The molecule has 0 saturated carbocycles. The van der Waals surface area contributed by atoms with Crippen LogP contribution in [0, 0.1) is 11.6 Å². The second-order valence-corrected chi connectivity index (χ2v) is 4.53. The van der Waals surface area contributed by atoms with E-state index in [0.717, 1.165) is 23.4 Å². The van der Waals surface area contributed by atoms with E-state index in [4.69, 9.17) is 23.8 Å². The van der Waals surface area contributed by atoms with Crippen LogP contribution in [-0.2, 0) is 6.42 Å². The highest BCUT2D eigenvalue weighted by molar-refractivity contribution is 7.71. The predicted molar refractivity (Wildman–Crippen MR) is 71.8 cm³/mol. The van der Waals surface area contributed by atoms with Gasteiger partial charge in [0, 0.05) is 17.5 Å². The van der Waals surface area contributed by atoms with Crippen LogP contribution in [0.25, 0.3) is 11.5 Å². The van der Waals surface area contributed by atoms with E-state index in [-0.39, 0.29) is 0 Å². The molecule has 0 aliphatic rings. The third-order valence-corrected chi connectivity index (χ3v) is 3.20. The second-order valence-electron chi connectivity index (χ2n) is 3.71. The Morgan fingerprint density at radius 2 is 2.18 bits per heavy atom. The molecule has 5 heteroatoms. The Labute approximate surface area is 110 Å². The first-order chi connectivity index (χ1) is 8.11. The monoisotopic (exact) mass is 265 g/mol. The van der Waals surface area contributed by atoms with Gasteiger partial charge in [-0.15, -0.1) is 0 Å².